The monoisotopic (exact) mass is 221 g/mol. The summed E-state index contributed by atoms with van der Waals surface area (Å²) in [5.41, 5.74) is 1.82. The zero-order valence-corrected chi connectivity index (χ0v) is 10.1. The van der Waals surface area contributed by atoms with Crippen molar-refractivity contribution in [3.05, 3.63) is 30.2 Å². The van der Waals surface area contributed by atoms with Gasteiger partial charge in [0.05, 0.1) is 5.41 Å². The van der Waals surface area contributed by atoms with E-state index in [9.17, 15) is 0 Å². The predicted molar refractivity (Wildman–Crippen MR) is 65.4 cm³/mol. The van der Waals surface area contributed by atoms with Gasteiger partial charge in [-0.05, 0) is 18.4 Å². The fraction of sp³-hybridized carbons (Fsp3) is 0.417. The van der Waals surface area contributed by atoms with Crippen molar-refractivity contribution in [2.45, 2.75) is 19.3 Å². The first-order valence-electron chi connectivity index (χ1n) is 4.98. The summed E-state index contributed by atoms with van der Waals surface area (Å²) in [4.78, 5) is 4.52. The Morgan fingerprint density at radius 2 is 2.07 bits per heavy atom. The number of benzene rings is 1. The summed E-state index contributed by atoms with van der Waals surface area (Å²) in [6, 6.07) is 7.90. The number of fused-ring (bicyclic) bond motifs is 1. The second-order valence-electron chi connectivity index (χ2n) is 4.30. The Morgan fingerprint density at radius 3 is 2.73 bits per heavy atom. The van der Waals surface area contributed by atoms with Crippen LogP contribution in [0.1, 0.15) is 19.7 Å². The average molecular weight is 221 g/mol. The molecule has 3 heteroatoms. The Balaban J connectivity index is 2.44. The number of rotatable bonds is 3. The number of aromatic nitrogens is 1. The summed E-state index contributed by atoms with van der Waals surface area (Å²) >= 11 is 1.81. The van der Waals surface area contributed by atoms with Crippen LogP contribution in [0.25, 0.3) is 11.1 Å². The van der Waals surface area contributed by atoms with Gasteiger partial charge in [0.2, 0.25) is 5.89 Å². The molecular formula is C12H15NOS. The second-order valence-corrected chi connectivity index (χ2v) is 5.17. The number of nitrogens with zero attached hydrogens (tertiary/aromatic N) is 1. The minimum atomic E-state index is -0.00155. The van der Waals surface area contributed by atoms with E-state index in [4.69, 9.17) is 4.42 Å². The number of para-hydroxylation sites is 2. The molecule has 0 N–H and O–H groups in total. The molecular weight excluding hydrogens is 206 g/mol. The molecule has 1 aromatic heterocycles. The van der Waals surface area contributed by atoms with Crippen LogP contribution in [0.15, 0.2) is 28.7 Å². The van der Waals surface area contributed by atoms with Crippen molar-refractivity contribution in [3.63, 3.8) is 0 Å². The largest absolute Gasteiger partial charge is 0.440 e. The van der Waals surface area contributed by atoms with E-state index in [0.29, 0.717) is 0 Å². The van der Waals surface area contributed by atoms with Crippen molar-refractivity contribution < 1.29 is 4.42 Å². The molecule has 0 amide bonds. The van der Waals surface area contributed by atoms with Gasteiger partial charge < -0.3 is 4.42 Å². The summed E-state index contributed by atoms with van der Waals surface area (Å²) in [5.74, 6) is 1.85. The maximum Gasteiger partial charge on any atom is 0.201 e. The van der Waals surface area contributed by atoms with Crippen LogP contribution in [0.2, 0.25) is 0 Å². The highest BCUT2D eigenvalue weighted by Crippen LogP contribution is 2.28. The van der Waals surface area contributed by atoms with Crippen molar-refractivity contribution in [1.82, 2.24) is 4.98 Å². The van der Waals surface area contributed by atoms with Crippen LogP contribution in [0.5, 0.6) is 0 Å². The van der Waals surface area contributed by atoms with Crippen LogP contribution in [-0.2, 0) is 5.41 Å². The Labute approximate surface area is 94.1 Å². The van der Waals surface area contributed by atoms with E-state index in [2.05, 4.69) is 25.1 Å². The molecule has 0 unspecified atom stereocenters. The summed E-state index contributed by atoms with van der Waals surface area (Å²) < 4.78 is 5.76. The van der Waals surface area contributed by atoms with Crippen molar-refractivity contribution in [2.24, 2.45) is 0 Å². The molecule has 2 aromatic rings. The van der Waals surface area contributed by atoms with E-state index in [1.807, 2.05) is 36.0 Å². The lowest BCUT2D eigenvalue weighted by Gasteiger charge is -2.18. The van der Waals surface area contributed by atoms with Crippen molar-refractivity contribution in [2.75, 3.05) is 12.0 Å². The lowest BCUT2D eigenvalue weighted by molar-refractivity contribution is 0.416. The van der Waals surface area contributed by atoms with Crippen LogP contribution < -0.4 is 0 Å². The SMILES string of the molecule is CSCC(C)(C)c1nc2ccccc2o1. The molecule has 0 atom stereocenters. The molecule has 0 aliphatic rings. The standard InChI is InChI=1S/C12H15NOS/c1-12(2,8-15-3)11-13-9-6-4-5-7-10(9)14-11/h4-7H,8H2,1-3H3. The van der Waals surface area contributed by atoms with Crippen LogP contribution in [0.4, 0.5) is 0 Å². The molecule has 0 spiro atoms. The fourth-order valence-corrected chi connectivity index (χ4v) is 2.43. The first-order valence-corrected chi connectivity index (χ1v) is 6.38. The molecule has 0 bridgehead atoms. The molecule has 1 heterocycles. The van der Waals surface area contributed by atoms with Crippen LogP contribution >= 0.6 is 11.8 Å². The average Bonchev–Trinajstić information content (AvgIpc) is 2.61. The smallest absolute Gasteiger partial charge is 0.201 e. The molecule has 80 valence electrons. The molecule has 0 saturated heterocycles. The Morgan fingerprint density at radius 1 is 1.33 bits per heavy atom. The third kappa shape index (κ3) is 2.02. The van der Waals surface area contributed by atoms with Gasteiger partial charge in [0.25, 0.3) is 0 Å². The predicted octanol–water partition coefficient (Wildman–Crippen LogP) is 3.47. The highest BCUT2D eigenvalue weighted by atomic mass is 32.2. The number of hydrogen-bond acceptors (Lipinski definition) is 3. The molecule has 0 aliphatic heterocycles. The van der Waals surface area contributed by atoms with E-state index < -0.39 is 0 Å². The Bertz CT molecular complexity index is 428. The van der Waals surface area contributed by atoms with E-state index in [0.717, 1.165) is 22.7 Å². The summed E-state index contributed by atoms with van der Waals surface area (Å²) in [7, 11) is 0. The van der Waals surface area contributed by atoms with Crippen molar-refractivity contribution in [3.8, 4) is 0 Å². The quantitative estimate of drug-likeness (QED) is 0.793. The summed E-state index contributed by atoms with van der Waals surface area (Å²) in [6.45, 7) is 4.32. The lowest BCUT2D eigenvalue weighted by atomic mass is 9.97. The Kier molecular flexibility index (Phi) is 2.74. The number of oxazole rings is 1. The highest BCUT2D eigenvalue weighted by Gasteiger charge is 2.26. The van der Waals surface area contributed by atoms with Crippen LogP contribution in [0.3, 0.4) is 0 Å². The van der Waals surface area contributed by atoms with E-state index >= 15 is 0 Å². The van der Waals surface area contributed by atoms with E-state index in [1.165, 1.54) is 0 Å². The van der Waals surface area contributed by atoms with Gasteiger partial charge in [-0.25, -0.2) is 4.98 Å². The van der Waals surface area contributed by atoms with E-state index in [-0.39, 0.29) is 5.41 Å². The lowest BCUT2D eigenvalue weighted by Crippen LogP contribution is -2.20. The Hall–Kier alpha value is -0.960. The van der Waals surface area contributed by atoms with Crippen molar-refractivity contribution in [1.29, 1.82) is 0 Å². The number of hydrogen-bond donors (Lipinski definition) is 0. The van der Waals surface area contributed by atoms with Gasteiger partial charge in [0.15, 0.2) is 5.58 Å². The molecule has 0 aliphatic carbocycles. The molecule has 2 rings (SSSR count). The molecule has 15 heavy (non-hydrogen) atoms. The summed E-state index contributed by atoms with van der Waals surface area (Å²) in [6.07, 6.45) is 2.10. The fourth-order valence-electron chi connectivity index (χ4n) is 1.58. The van der Waals surface area contributed by atoms with E-state index in [1.54, 1.807) is 0 Å². The van der Waals surface area contributed by atoms with Gasteiger partial charge in [-0.3, -0.25) is 0 Å². The minimum absolute atomic E-state index is 0.00155. The third-order valence-electron chi connectivity index (χ3n) is 2.38. The highest BCUT2D eigenvalue weighted by molar-refractivity contribution is 7.98. The normalized spacial score (nSPS) is 12.2. The minimum Gasteiger partial charge on any atom is -0.440 e. The molecule has 1 aromatic carbocycles. The molecule has 0 fully saturated rings. The van der Waals surface area contributed by atoms with Crippen molar-refractivity contribution >= 4 is 22.9 Å². The first-order chi connectivity index (χ1) is 7.13. The van der Waals surface area contributed by atoms with Gasteiger partial charge in [0, 0.05) is 5.75 Å². The van der Waals surface area contributed by atoms with Gasteiger partial charge in [-0.2, -0.15) is 11.8 Å². The maximum absolute atomic E-state index is 5.76. The van der Waals surface area contributed by atoms with Gasteiger partial charge >= 0.3 is 0 Å². The molecule has 0 saturated carbocycles. The summed E-state index contributed by atoms with van der Waals surface area (Å²) in [5, 5.41) is 0. The third-order valence-corrected chi connectivity index (χ3v) is 3.39. The number of thioether (sulfide) groups is 1. The van der Waals surface area contributed by atoms with Crippen LogP contribution in [-0.4, -0.2) is 17.0 Å². The maximum atomic E-state index is 5.76. The first kappa shape index (κ1) is 10.6. The van der Waals surface area contributed by atoms with Gasteiger partial charge in [-0.1, -0.05) is 26.0 Å². The van der Waals surface area contributed by atoms with Gasteiger partial charge in [-0.15, -0.1) is 0 Å². The zero-order valence-electron chi connectivity index (χ0n) is 9.28. The topological polar surface area (TPSA) is 26.0 Å². The zero-order chi connectivity index (χ0) is 10.9. The van der Waals surface area contributed by atoms with Gasteiger partial charge in [0.1, 0.15) is 5.52 Å². The molecule has 0 radical (unpaired) electrons. The second kappa shape index (κ2) is 3.89. The molecule has 2 nitrogen and oxygen atoms in total. The van der Waals surface area contributed by atoms with Crippen LogP contribution in [0, 0.1) is 0 Å².